The van der Waals surface area contributed by atoms with Crippen molar-refractivity contribution in [3.63, 3.8) is 0 Å². The number of nitrogens with zero attached hydrogens (tertiary/aromatic N) is 1. The molecular formula is C15H20ClF3N2O. The Balaban J connectivity index is 2.24. The largest absolute Gasteiger partial charge is 0.417 e. The third-order valence-corrected chi connectivity index (χ3v) is 4.22. The highest BCUT2D eigenvalue weighted by Crippen LogP contribution is 2.37. The van der Waals surface area contributed by atoms with Crippen LogP contribution in [0.5, 0.6) is 0 Å². The fourth-order valence-electron chi connectivity index (χ4n) is 2.81. The lowest BCUT2D eigenvalue weighted by Crippen LogP contribution is -2.45. The molecule has 0 saturated carbocycles. The van der Waals surface area contributed by atoms with Gasteiger partial charge >= 0.3 is 6.18 Å². The lowest BCUT2D eigenvalue weighted by Gasteiger charge is -2.35. The van der Waals surface area contributed by atoms with E-state index in [1.165, 1.54) is 12.1 Å². The van der Waals surface area contributed by atoms with E-state index in [1.54, 1.807) is 0 Å². The second-order valence-electron chi connectivity index (χ2n) is 5.40. The molecule has 2 rings (SSSR count). The van der Waals surface area contributed by atoms with E-state index in [0.717, 1.165) is 37.8 Å². The summed E-state index contributed by atoms with van der Waals surface area (Å²) in [7, 11) is 0. The first-order valence-electron chi connectivity index (χ1n) is 7.35. The van der Waals surface area contributed by atoms with Crippen LogP contribution in [0, 0.1) is 0 Å². The molecule has 1 aliphatic heterocycles. The number of hydrogen-bond acceptors (Lipinski definition) is 3. The van der Waals surface area contributed by atoms with Crippen LogP contribution in [-0.2, 0) is 6.18 Å². The Kier molecular flexibility index (Phi) is 6.09. The van der Waals surface area contributed by atoms with E-state index in [9.17, 15) is 13.2 Å². The van der Waals surface area contributed by atoms with Gasteiger partial charge < -0.3 is 10.4 Å². The summed E-state index contributed by atoms with van der Waals surface area (Å²) in [6, 6.07) is 3.94. The first-order chi connectivity index (χ1) is 10.4. The Morgan fingerprint density at radius 3 is 2.50 bits per heavy atom. The number of nitrogens with one attached hydrogen (secondary N) is 1. The minimum Gasteiger partial charge on any atom is -0.396 e. The summed E-state index contributed by atoms with van der Waals surface area (Å²) < 4.78 is 38.4. The van der Waals surface area contributed by atoms with Gasteiger partial charge in [0.05, 0.1) is 10.6 Å². The van der Waals surface area contributed by atoms with E-state index in [1.807, 2.05) is 0 Å². The van der Waals surface area contributed by atoms with Gasteiger partial charge in [0.1, 0.15) is 0 Å². The summed E-state index contributed by atoms with van der Waals surface area (Å²) in [6.45, 7) is 3.43. The Bertz CT molecular complexity index is 490. The first-order valence-corrected chi connectivity index (χ1v) is 7.73. The van der Waals surface area contributed by atoms with Gasteiger partial charge in [0, 0.05) is 38.8 Å². The van der Waals surface area contributed by atoms with Crippen LogP contribution >= 0.6 is 11.6 Å². The lowest BCUT2D eigenvalue weighted by atomic mass is 9.98. The van der Waals surface area contributed by atoms with Crippen LogP contribution in [-0.4, -0.2) is 42.8 Å². The van der Waals surface area contributed by atoms with Gasteiger partial charge in [-0.05, 0) is 30.5 Å². The van der Waals surface area contributed by atoms with Gasteiger partial charge in [-0.25, -0.2) is 0 Å². The third-order valence-electron chi connectivity index (χ3n) is 3.91. The van der Waals surface area contributed by atoms with E-state index in [2.05, 4.69) is 10.2 Å². The maximum atomic E-state index is 12.8. The van der Waals surface area contributed by atoms with E-state index in [-0.39, 0.29) is 17.7 Å². The molecular weight excluding hydrogens is 317 g/mol. The molecule has 7 heteroatoms. The van der Waals surface area contributed by atoms with Crippen molar-refractivity contribution >= 4 is 11.6 Å². The number of piperazine rings is 1. The Hall–Kier alpha value is -0.820. The zero-order valence-electron chi connectivity index (χ0n) is 12.2. The summed E-state index contributed by atoms with van der Waals surface area (Å²) in [4.78, 5) is 2.23. The van der Waals surface area contributed by atoms with Crippen LogP contribution in [0.1, 0.15) is 30.0 Å². The van der Waals surface area contributed by atoms with E-state index >= 15 is 0 Å². The summed E-state index contributed by atoms with van der Waals surface area (Å²) in [5, 5.41) is 12.0. The fourth-order valence-corrected chi connectivity index (χ4v) is 3.10. The maximum Gasteiger partial charge on any atom is 0.417 e. The van der Waals surface area contributed by atoms with Crippen molar-refractivity contribution in [2.75, 3.05) is 32.8 Å². The van der Waals surface area contributed by atoms with Crippen molar-refractivity contribution in [3.05, 3.63) is 34.3 Å². The molecule has 0 unspecified atom stereocenters. The Morgan fingerprint density at radius 2 is 1.95 bits per heavy atom. The Morgan fingerprint density at radius 1 is 1.27 bits per heavy atom. The third kappa shape index (κ3) is 4.35. The molecule has 0 spiro atoms. The average Bonchev–Trinajstić information content (AvgIpc) is 2.47. The molecule has 0 radical (unpaired) electrons. The summed E-state index contributed by atoms with van der Waals surface area (Å²) in [5.74, 6) is 0. The van der Waals surface area contributed by atoms with Gasteiger partial charge in [-0.15, -0.1) is 0 Å². The molecule has 1 aromatic carbocycles. The molecule has 2 N–H and O–H groups in total. The van der Waals surface area contributed by atoms with E-state index < -0.39 is 11.7 Å². The molecule has 1 aromatic rings. The average molecular weight is 337 g/mol. The second-order valence-corrected chi connectivity index (χ2v) is 5.81. The number of halogens is 4. The molecule has 1 atom stereocenters. The highest BCUT2D eigenvalue weighted by molar-refractivity contribution is 6.31. The van der Waals surface area contributed by atoms with Crippen molar-refractivity contribution in [2.24, 2.45) is 0 Å². The molecule has 0 bridgehead atoms. The van der Waals surface area contributed by atoms with Crippen LogP contribution in [0.3, 0.4) is 0 Å². The molecule has 0 aromatic heterocycles. The van der Waals surface area contributed by atoms with Crippen LogP contribution < -0.4 is 5.32 Å². The molecule has 1 heterocycles. The number of aliphatic hydroxyl groups is 1. The van der Waals surface area contributed by atoms with Gasteiger partial charge in [-0.1, -0.05) is 17.7 Å². The number of aliphatic hydroxyl groups excluding tert-OH is 1. The normalized spacial score (nSPS) is 18.4. The Labute approximate surface area is 133 Å². The van der Waals surface area contributed by atoms with Crippen molar-refractivity contribution in [1.29, 1.82) is 0 Å². The molecule has 0 amide bonds. The van der Waals surface area contributed by atoms with Crippen molar-refractivity contribution in [1.82, 2.24) is 10.2 Å². The fraction of sp³-hybridized carbons (Fsp3) is 0.600. The molecule has 22 heavy (non-hydrogen) atoms. The molecule has 1 aliphatic rings. The SMILES string of the molecule is OCCC[C@H](c1ccc(C(F)(F)F)c(Cl)c1)N1CCNCC1. The highest BCUT2D eigenvalue weighted by atomic mass is 35.5. The van der Waals surface area contributed by atoms with Crippen LogP contribution in [0.25, 0.3) is 0 Å². The minimum atomic E-state index is -4.44. The topological polar surface area (TPSA) is 35.5 Å². The minimum absolute atomic E-state index is 0.0194. The predicted octanol–water partition coefficient (Wildman–Crippen LogP) is 3.08. The monoisotopic (exact) mass is 336 g/mol. The standard InChI is InChI=1S/C15H20ClF3N2O/c16-13-10-11(3-4-12(13)15(17,18)19)14(2-1-9-22)21-7-5-20-6-8-21/h3-4,10,14,20,22H,1-2,5-9H2/t14-/m1/s1. The first kappa shape index (κ1) is 17.5. The second kappa shape index (κ2) is 7.64. The maximum absolute atomic E-state index is 12.8. The van der Waals surface area contributed by atoms with Gasteiger partial charge in [-0.3, -0.25) is 4.90 Å². The number of benzene rings is 1. The number of hydrogen-bond donors (Lipinski definition) is 2. The van der Waals surface area contributed by atoms with Crippen molar-refractivity contribution in [2.45, 2.75) is 25.1 Å². The molecule has 1 fully saturated rings. The van der Waals surface area contributed by atoms with Crippen LogP contribution in [0.15, 0.2) is 18.2 Å². The van der Waals surface area contributed by atoms with Crippen LogP contribution in [0.2, 0.25) is 5.02 Å². The molecule has 1 saturated heterocycles. The summed E-state index contributed by atoms with van der Waals surface area (Å²) >= 11 is 5.83. The summed E-state index contributed by atoms with van der Waals surface area (Å²) in [6.07, 6.45) is -3.14. The van der Waals surface area contributed by atoms with Gasteiger partial charge in [0.25, 0.3) is 0 Å². The van der Waals surface area contributed by atoms with Gasteiger partial charge in [0.15, 0.2) is 0 Å². The number of rotatable bonds is 5. The van der Waals surface area contributed by atoms with Gasteiger partial charge in [0.2, 0.25) is 0 Å². The van der Waals surface area contributed by atoms with Crippen LogP contribution in [0.4, 0.5) is 13.2 Å². The van der Waals surface area contributed by atoms with E-state index in [0.29, 0.717) is 12.8 Å². The zero-order chi connectivity index (χ0) is 16.2. The number of alkyl halides is 3. The van der Waals surface area contributed by atoms with E-state index in [4.69, 9.17) is 16.7 Å². The van der Waals surface area contributed by atoms with Crippen molar-refractivity contribution in [3.8, 4) is 0 Å². The summed E-state index contributed by atoms with van der Waals surface area (Å²) in [5.41, 5.74) is -0.0347. The predicted molar refractivity (Wildman–Crippen MR) is 80.0 cm³/mol. The smallest absolute Gasteiger partial charge is 0.396 e. The zero-order valence-corrected chi connectivity index (χ0v) is 12.9. The quantitative estimate of drug-likeness (QED) is 0.867. The highest BCUT2D eigenvalue weighted by Gasteiger charge is 2.33. The molecule has 124 valence electrons. The van der Waals surface area contributed by atoms with Gasteiger partial charge in [-0.2, -0.15) is 13.2 Å². The lowest BCUT2D eigenvalue weighted by molar-refractivity contribution is -0.137. The molecule has 0 aliphatic carbocycles. The molecule has 3 nitrogen and oxygen atoms in total. The van der Waals surface area contributed by atoms with Crippen molar-refractivity contribution < 1.29 is 18.3 Å².